The molecule has 9 heteroatoms. The smallest absolute Gasteiger partial charge is 0.267 e. The van der Waals surface area contributed by atoms with E-state index in [4.69, 9.17) is 0 Å². The fourth-order valence-electron chi connectivity index (χ4n) is 3.04. The van der Waals surface area contributed by atoms with Crippen molar-refractivity contribution >= 4 is 59.9 Å². The molecule has 0 unspecified atom stereocenters. The average Bonchev–Trinajstić information content (AvgIpc) is 3.25. The molecule has 6 nitrogen and oxygen atoms in total. The SMILES string of the molecule is Cc1cc(Cc2cnc(NC(=O)c3sc4ncn(C)c(=O)c4c3C)s2)ccc1Br. The minimum atomic E-state index is -0.270. The van der Waals surface area contributed by atoms with E-state index >= 15 is 0 Å². The molecule has 3 aromatic heterocycles. The van der Waals surface area contributed by atoms with Crippen LogP contribution < -0.4 is 10.9 Å². The highest BCUT2D eigenvalue weighted by molar-refractivity contribution is 9.10. The number of aromatic nitrogens is 3. The molecule has 148 valence electrons. The quantitative estimate of drug-likeness (QED) is 0.452. The van der Waals surface area contributed by atoms with Gasteiger partial charge >= 0.3 is 0 Å². The zero-order valence-corrected chi connectivity index (χ0v) is 19.2. The third kappa shape index (κ3) is 3.90. The Morgan fingerprint density at radius 1 is 1.24 bits per heavy atom. The fraction of sp³-hybridized carbons (Fsp3) is 0.200. The lowest BCUT2D eigenvalue weighted by Crippen LogP contribution is -2.17. The second kappa shape index (κ2) is 7.81. The Morgan fingerprint density at radius 2 is 2.03 bits per heavy atom. The Bertz CT molecular complexity index is 1310. The number of carbonyl (C=O) groups is 1. The molecule has 29 heavy (non-hydrogen) atoms. The van der Waals surface area contributed by atoms with Crippen LogP contribution in [0, 0.1) is 13.8 Å². The maximum atomic E-state index is 12.8. The number of carbonyl (C=O) groups excluding carboxylic acids is 1. The molecule has 0 aliphatic rings. The second-order valence-electron chi connectivity index (χ2n) is 6.74. The van der Waals surface area contributed by atoms with Crippen LogP contribution in [-0.2, 0) is 13.5 Å². The predicted octanol–water partition coefficient (Wildman–Crippen LogP) is 4.67. The number of benzene rings is 1. The zero-order valence-electron chi connectivity index (χ0n) is 15.9. The van der Waals surface area contributed by atoms with Gasteiger partial charge in [-0.05, 0) is 36.6 Å². The lowest BCUT2D eigenvalue weighted by atomic mass is 10.1. The number of thiophene rings is 1. The summed E-state index contributed by atoms with van der Waals surface area (Å²) >= 11 is 6.18. The van der Waals surface area contributed by atoms with Crippen molar-refractivity contribution in [3.05, 3.63) is 72.0 Å². The summed E-state index contributed by atoms with van der Waals surface area (Å²) in [5, 5.41) is 3.89. The Labute approximate surface area is 183 Å². The van der Waals surface area contributed by atoms with E-state index in [1.165, 1.54) is 44.7 Å². The molecule has 0 saturated heterocycles. The number of halogens is 1. The number of hydrogen-bond acceptors (Lipinski definition) is 6. The first-order valence-electron chi connectivity index (χ1n) is 8.79. The van der Waals surface area contributed by atoms with E-state index in [0.29, 0.717) is 25.8 Å². The van der Waals surface area contributed by atoms with Crippen LogP contribution in [0.5, 0.6) is 0 Å². The molecule has 3 heterocycles. The molecule has 4 rings (SSSR count). The van der Waals surface area contributed by atoms with Crippen molar-refractivity contribution in [1.29, 1.82) is 0 Å². The standard InChI is InChI=1S/C20H17BrN4O2S2/c1-10-6-12(4-5-14(10)21)7-13-8-22-20(28-13)24-17(26)16-11(2)15-18(29-16)23-9-25(3)19(15)27/h4-6,8-9H,7H2,1-3H3,(H,22,24,26). The van der Waals surface area contributed by atoms with Gasteiger partial charge in [-0.15, -0.1) is 22.7 Å². The van der Waals surface area contributed by atoms with E-state index in [1.807, 2.05) is 6.07 Å². The van der Waals surface area contributed by atoms with Gasteiger partial charge in [-0.1, -0.05) is 28.1 Å². The van der Waals surface area contributed by atoms with Crippen molar-refractivity contribution in [2.45, 2.75) is 20.3 Å². The molecule has 0 atom stereocenters. The summed E-state index contributed by atoms with van der Waals surface area (Å²) in [7, 11) is 1.65. The highest BCUT2D eigenvalue weighted by Crippen LogP contribution is 2.29. The molecular formula is C20H17BrN4O2S2. The molecule has 1 aromatic carbocycles. The van der Waals surface area contributed by atoms with Crippen LogP contribution in [0.1, 0.15) is 31.2 Å². The Kier molecular flexibility index (Phi) is 5.37. The highest BCUT2D eigenvalue weighted by atomic mass is 79.9. The van der Waals surface area contributed by atoms with E-state index in [0.717, 1.165) is 15.8 Å². The van der Waals surface area contributed by atoms with Crippen molar-refractivity contribution in [1.82, 2.24) is 14.5 Å². The summed E-state index contributed by atoms with van der Waals surface area (Å²) in [6, 6.07) is 6.25. The van der Waals surface area contributed by atoms with Gasteiger partial charge in [0.1, 0.15) is 4.83 Å². The van der Waals surface area contributed by atoms with Crippen LogP contribution in [0.3, 0.4) is 0 Å². The van der Waals surface area contributed by atoms with Crippen LogP contribution in [0.15, 0.2) is 40.0 Å². The Morgan fingerprint density at radius 3 is 2.79 bits per heavy atom. The van der Waals surface area contributed by atoms with Gasteiger partial charge in [-0.2, -0.15) is 0 Å². The lowest BCUT2D eigenvalue weighted by Gasteiger charge is -2.02. The van der Waals surface area contributed by atoms with Crippen molar-refractivity contribution in [2.75, 3.05) is 5.32 Å². The van der Waals surface area contributed by atoms with Gasteiger partial charge in [-0.3, -0.25) is 14.9 Å². The lowest BCUT2D eigenvalue weighted by molar-refractivity contribution is 0.103. The topological polar surface area (TPSA) is 76.9 Å². The van der Waals surface area contributed by atoms with Gasteiger partial charge < -0.3 is 4.57 Å². The van der Waals surface area contributed by atoms with Gasteiger partial charge in [0.15, 0.2) is 5.13 Å². The summed E-state index contributed by atoms with van der Waals surface area (Å²) in [6.07, 6.45) is 4.01. The maximum Gasteiger partial charge on any atom is 0.267 e. The minimum Gasteiger partial charge on any atom is -0.302 e. The Hall–Kier alpha value is -2.36. The zero-order chi connectivity index (χ0) is 20.7. The van der Waals surface area contributed by atoms with E-state index in [9.17, 15) is 9.59 Å². The van der Waals surface area contributed by atoms with E-state index in [-0.39, 0.29) is 11.5 Å². The van der Waals surface area contributed by atoms with Gasteiger partial charge in [0, 0.05) is 29.0 Å². The molecule has 0 aliphatic carbocycles. The molecule has 0 saturated carbocycles. The van der Waals surface area contributed by atoms with Gasteiger partial charge in [0.25, 0.3) is 11.5 Å². The first-order chi connectivity index (χ1) is 13.8. The normalized spacial score (nSPS) is 11.2. The van der Waals surface area contributed by atoms with E-state index in [1.54, 1.807) is 20.2 Å². The summed E-state index contributed by atoms with van der Waals surface area (Å²) < 4.78 is 2.50. The number of nitrogens with zero attached hydrogens (tertiary/aromatic N) is 3. The fourth-order valence-corrected chi connectivity index (χ4v) is 5.17. The minimum absolute atomic E-state index is 0.149. The van der Waals surface area contributed by atoms with Crippen molar-refractivity contribution in [3.63, 3.8) is 0 Å². The number of thiazole rings is 1. The van der Waals surface area contributed by atoms with Crippen molar-refractivity contribution in [2.24, 2.45) is 7.05 Å². The molecule has 4 aromatic rings. The van der Waals surface area contributed by atoms with Gasteiger partial charge in [0.05, 0.1) is 16.6 Å². The molecule has 0 fully saturated rings. The molecule has 0 radical (unpaired) electrons. The number of fused-ring (bicyclic) bond motifs is 1. The molecular weight excluding hydrogens is 472 g/mol. The number of nitrogens with one attached hydrogen (secondary N) is 1. The average molecular weight is 489 g/mol. The summed E-state index contributed by atoms with van der Waals surface area (Å²) in [6.45, 7) is 3.83. The van der Waals surface area contributed by atoms with Crippen molar-refractivity contribution < 1.29 is 4.79 Å². The highest BCUT2D eigenvalue weighted by Gasteiger charge is 2.20. The first kappa shape index (κ1) is 19.9. The maximum absolute atomic E-state index is 12.8. The van der Waals surface area contributed by atoms with Crippen LogP contribution >= 0.6 is 38.6 Å². The third-order valence-corrected chi connectivity index (χ3v) is 7.59. The van der Waals surface area contributed by atoms with Crippen molar-refractivity contribution in [3.8, 4) is 0 Å². The molecule has 1 amide bonds. The number of rotatable bonds is 4. The van der Waals surface area contributed by atoms with E-state index < -0.39 is 0 Å². The first-order valence-corrected chi connectivity index (χ1v) is 11.2. The number of amides is 1. The van der Waals surface area contributed by atoms with Crippen LogP contribution in [-0.4, -0.2) is 20.4 Å². The summed E-state index contributed by atoms with van der Waals surface area (Å²) in [5.41, 5.74) is 2.87. The van der Waals surface area contributed by atoms with Crippen LogP contribution in [0.2, 0.25) is 0 Å². The van der Waals surface area contributed by atoms with E-state index in [2.05, 4.69) is 50.3 Å². The molecule has 1 N–H and O–H groups in total. The Balaban J connectivity index is 1.54. The summed E-state index contributed by atoms with van der Waals surface area (Å²) in [5.74, 6) is -0.270. The monoisotopic (exact) mass is 488 g/mol. The summed E-state index contributed by atoms with van der Waals surface area (Å²) in [4.78, 5) is 35.8. The van der Waals surface area contributed by atoms with Gasteiger partial charge in [-0.25, -0.2) is 9.97 Å². The number of anilines is 1. The van der Waals surface area contributed by atoms with Gasteiger partial charge in [0.2, 0.25) is 0 Å². The molecule has 0 bridgehead atoms. The predicted molar refractivity (Wildman–Crippen MR) is 121 cm³/mol. The molecule has 0 aliphatic heterocycles. The number of aryl methyl sites for hydroxylation is 3. The third-order valence-electron chi connectivity index (χ3n) is 4.59. The van der Waals surface area contributed by atoms with Crippen LogP contribution in [0.4, 0.5) is 5.13 Å². The number of hydrogen-bond donors (Lipinski definition) is 1. The molecule has 0 spiro atoms. The largest absolute Gasteiger partial charge is 0.302 e. The van der Waals surface area contributed by atoms with Crippen LogP contribution in [0.25, 0.3) is 10.2 Å². The second-order valence-corrected chi connectivity index (χ2v) is 9.71.